The molecule has 28 heavy (non-hydrogen) atoms. The smallest absolute Gasteiger partial charge is 0.333 e. The van der Waals surface area contributed by atoms with E-state index in [-0.39, 0.29) is 23.2 Å². The molecule has 0 aliphatic heterocycles. The third-order valence-corrected chi connectivity index (χ3v) is 5.87. The molecular formula is C22H34O6. The van der Waals surface area contributed by atoms with Gasteiger partial charge in [-0.05, 0) is 37.0 Å². The molecule has 6 nitrogen and oxygen atoms in total. The van der Waals surface area contributed by atoms with E-state index in [9.17, 15) is 14.4 Å². The first-order valence-electron chi connectivity index (χ1n) is 10.1. The molecule has 0 aromatic heterocycles. The number of fused-ring (bicyclic) bond motifs is 2. The minimum Gasteiger partial charge on any atom is -0.481 e. The lowest BCUT2D eigenvalue weighted by atomic mass is 9.79. The largest absolute Gasteiger partial charge is 0.481 e. The van der Waals surface area contributed by atoms with Crippen molar-refractivity contribution < 1.29 is 29.3 Å². The average Bonchev–Trinajstić information content (AvgIpc) is 3.04. The van der Waals surface area contributed by atoms with Crippen LogP contribution in [0.15, 0.2) is 24.3 Å². The van der Waals surface area contributed by atoms with Crippen LogP contribution in [-0.4, -0.2) is 34.7 Å². The molecule has 4 atom stereocenters. The molecule has 0 radical (unpaired) electrons. The van der Waals surface area contributed by atoms with Crippen LogP contribution in [0.3, 0.4) is 0 Å². The van der Waals surface area contributed by atoms with Crippen LogP contribution >= 0.6 is 0 Å². The van der Waals surface area contributed by atoms with Crippen molar-refractivity contribution in [1.29, 1.82) is 0 Å². The van der Waals surface area contributed by atoms with Crippen molar-refractivity contribution in [1.82, 2.24) is 0 Å². The number of rotatable bonds is 9. The van der Waals surface area contributed by atoms with Crippen LogP contribution in [-0.2, 0) is 19.1 Å². The van der Waals surface area contributed by atoms with Gasteiger partial charge in [0.25, 0.3) is 0 Å². The summed E-state index contributed by atoms with van der Waals surface area (Å²) in [7, 11) is 0. The first kappa shape index (κ1) is 23.9. The number of carbonyl (C=O) groups excluding carboxylic acids is 1. The number of esters is 1. The normalized spacial score (nSPS) is 26.3. The molecule has 2 N–H and O–H groups in total. The Morgan fingerprint density at radius 1 is 0.964 bits per heavy atom. The predicted octanol–water partition coefficient (Wildman–Crippen LogP) is 4.31. The SMILES string of the molecule is C=C(CCCCCC)C(=O)OCC.CC1(C)C2C=CC1C(C(=O)O)C2C(=O)O. The molecule has 2 bridgehead atoms. The summed E-state index contributed by atoms with van der Waals surface area (Å²) >= 11 is 0. The fourth-order valence-corrected chi connectivity index (χ4v) is 4.28. The molecule has 0 amide bonds. The Balaban J connectivity index is 0.000000284. The zero-order chi connectivity index (χ0) is 21.5. The molecule has 0 spiro atoms. The Kier molecular flexibility index (Phi) is 8.92. The lowest BCUT2D eigenvalue weighted by molar-refractivity contribution is -0.154. The van der Waals surface area contributed by atoms with Gasteiger partial charge in [0, 0.05) is 5.57 Å². The van der Waals surface area contributed by atoms with Crippen LogP contribution < -0.4 is 0 Å². The highest BCUT2D eigenvalue weighted by Gasteiger charge is 2.61. The first-order valence-corrected chi connectivity index (χ1v) is 10.1. The highest BCUT2D eigenvalue weighted by atomic mass is 16.5. The number of allylic oxidation sites excluding steroid dienone is 2. The van der Waals surface area contributed by atoms with E-state index in [0.717, 1.165) is 12.8 Å². The molecule has 1 fully saturated rings. The molecule has 1 saturated carbocycles. The van der Waals surface area contributed by atoms with E-state index < -0.39 is 23.8 Å². The van der Waals surface area contributed by atoms with Crippen LogP contribution in [0.2, 0.25) is 0 Å². The second kappa shape index (κ2) is 10.4. The molecule has 6 heteroatoms. The summed E-state index contributed by atoms with van der Waals surface area (Å²) < 4.78 is 4.82. The van der Waals surface area contributed by atoms with Crippen LogP contribution in [0.1, 0.15) is 59.8 Å². The maximum Gasteiger partial charge on any atom is 0.333 e. The van der Waals surface area contributed by atoms with Crippen molar-refractivity contribution in [3.63, 3.8) is 0 Å². The summed E-state index contributed by atoms with van der Waals surface area (Å²) in [6.45, 7) is 12.0. The Hall–Kier alpha value is -2.11. The summed E-state index contributed by atoms with van der Waals surface area (Å²) in [6, 6.07) is 0. The number of hydrogen-bond acceptors (Lipinski definition) is 4. The van der Waals surface area contributed by atoms with Crippen molar-refractivity contribution in [3.05, 3.63) is 24.3 Å². The number of carboxylic acids is 2. The van der Waals surface area contributed by atoms with E-state index in [0.29, 0.717) is 12.2 Å². The van der Waals surface area contributed by atoms with Gasteiger partial charge in [0.15, 0.2) is 0 Å². The lowest BCUT2D eigenvalue weighted by Gasteiger charge is -2.24. The molecule has 158 valence electrons. The number of carbonyl (C=O) groups is 3. The third-order valence-electron chi connectivity index (χ3n) is 5.87. The Morgan fingerprint density at radius 3 is 1.86 bits per heavy atom. The van der Waals surface area contributed by atoms with Gasteiger partial charge in [-0.2, -0.15) is 0 Å². The number of aliphatic carboxylic acids is 2. The van der Waals surface area contributed by atoms with E-state index in [1.807, 2.05) is 32.9 Å². The van der Waals surface area contributed by atoms with Crippen LogP contribution in [0.25, 0.3) is 0 Å². The molecule has 2 aliphatic carbocycles. The fourth-order valence-electron chi connectivity index (χ4n) is 4.28. The van der Waals surface area contributed by atoms with Gasteiger partial charge < -0.3 is 14.9 Å². The van der Waals surface area contributed by atoms with Crippen LogP contribution in [0, 0.1) is 29.1 Å². The minimum atomic E-state index is -0.993. The number of carboxylic acid groups (broad SMARTS) is 2. The highest BCUT2D eigenvalue weighted by Crippen LogP contribution is 2.59. The van der Waals surface area contributed by atoms with Gasteiger partial charge >= 0.3 is 17.9 Å². The number of ether oxygens (including phenoxy) is 1. The van der Waals surface area contributed by atoms with E-state index in [1.54, 1.807) is 0 Å². The lowest BCUT2D eigenvalue weighted by Crippen LogP contribution is -2.32. The van der Waals surface area contributed by atoms with E-state index in [1.165, 1.54) is 19.3 Å². The molecule has 4 unspecified atom stereocenters. The standard InChI is InChI=1S/C11H14O4.C11H20O2/c1-11(2)5-3-4-6(11)8(10(14)15)7(5)9(12)13;1-4-6-7-8-9-10(3)11(12)13-5-2/h3-8H,1-2H3,(H,12,13)(H,14,15);3-9H2,1-2H3. The van der Waals surface area contributed by atoms with E-state index >= 15 is 0 Å². The maximum atomic E-state index is 11.1. The molecule has 0 aromatic carbocycles. The Bertz CT molecular complexity index is 587. The molecule has 0 heterocycles. The molecule has 2 rings (SSSR count). The van der Waals surface area contributed by atoms with Gasteiger partial charge in [0.1, 0.15) is 0 Å². The number of hydrogen-bond donors (Lipinski definition) is 2. The molecule has 0 saturated heterocycles. The monoisotopic (exact) mass is 394 g/mol. The van der Waals surface area contributed by atoms with Gasteiger partial charge in [-0.15, -0.1) is 0 Å². The third kappa shape index (κ3) is 5.46. The summed E-state index contributed by atoms with van der Waals surface area (Å²) in [5.41, 5.74) is 0.365. The zero-order valence-corrected chi connectivity index (χ0v) is 17.4. The maximum absolute atomic E-state index is 11.1. The fraction of sp³-hybridized carbons (Fsp3) is 0.682. The van der Waals surface area contributed by atoms with Crippen molar-refractivity contribution >= 4 is 17.9 Å². The molecular weight excluding hydrogens is 360 g/mol. The van der Waals surface area contributed by atoms with E-state index in [2.05, 4.69) is 13.5 Å². The highest BCUT2D eigenvalue weighted by molar-refractivity contribution is 5.87. The molecule has 2 aliphatic rings. The summed E-state index contributed by atoms with van der Waals surface area (Å²) in [5, 5.41) is 18.2. The van der Waals surface area contributed by atoms with Crippen molar-refractivity contribution in [2.75, 3.05) is 6.61 Å². The van der Waals surface area contributed by atoms with Crippen LogP contribution in [0.5, 0.6) is 0 Å². The van der Waals surface area contributed by atoms with Crippen molar-refractivity contribution in [2.24, 2.45) is 29.1 Å². The average molecular weight is 395 g/mol. The van der Waals surface area contributed by atoms with Gasteiger partial charge in [-0.1, -0.05) is 58.8 Å². The second-order valence-corrected chi connectivity index (χ2v) is 8.12. The topological polar surface area (TPSA) is 101 Å². The first-order chi connectivity index (χ1) is 13.1. The minimum absolute atomic E-state index is 0.152. The molecule has 0 aromatic rings. The van der Waals surface area contributed by atoms with Gasteiger partial charge in [-0.25, -0.2) is 4.79 Å². The summed E-state index contributed by atoms with van der Waals surface area (Å²) in [5.74, 6) is -4.07. The van der Waals surface area contributed by atoms with Gasteiger partial charge in [0.05, 0.1) is 18.4 Å². The summed E-state index contributed by atoms with van der Waals surface area (Å²) in [4.78, 5) is 33.3. The predicted molar refractivity (Wildman–Crippen MR) is 107 cm³/mol. The Morgan fingerprint density at radius 2 is 1.46 bits per heavy atom. The van der Waals surface area contributed by atoms with Gasteiger partial charge in [0.2, 0.25) is 0 Å². The zero-order valence-electron chi connectivity index (χ0n) is 17.4. The Labute approximate surface area is 167 Å². The summed E-state index contributed by atoms with van der Waals surface area (Å²) in [6.07, 6.45) is 9.17. The number of unbranched alkanes of at least 4 members (excludes halogenated alkanes) is 3. The second-order valence-electron chi connectivity index (χ2n) is 8.12. The van der Waals surface area contributed by atoms with Gasteiger partial charge in [-0.3, -0.25) is 9.59 Å². The van der Waals surface area contributed by atoms with Crippen molar-refractivity contribution in [3.8, 4) is 0 Å². The van der Waals surface area contributed by atoms with Crippen LogP contribution in [0.4, 0.5) is 0 Å². The quantitative estimate of drug-likeness (QED) is 0.262. The van der Waals surface area contributed by atoms with E-state index in [4.69, 9.17) is 14.9 Å². The van der Waals surface area contributed by atoms with Crippen molar-refractivity contribution in [2.45, 2.75) is 59.8 Å².